The molecule has 2 N–H and O–H groups in total. The van der Waals surface area contributed by atoms with Crippen molar-refractivity contribution in [2.45, 2.75) is 57.3 Å². The third-order valence-electron chi connectivity index (χ3n) is 4.50. The van der Waals surface area contributed by atoms with Gasteiger partial charge in [0.05, 0.1) is 12.6 Å². The summed E-state index contributed by atoms with van der Waals surface area (Å²) in [5.74, 6) is 0.864. The van der Waals surface area contributed by atoms with Gasteiger partial charge in [-0.25, -0.2) is 9.97 Å². The monoisotopic (exact) mass is 276 g/mol. The van der Waals surface area contributed by atoms with Crippen molar-refractivity contribution in [1.29, 1.82) is 0 Å². The van der Waals surface area contributed by atoms with Gasteiger partial charge < -0.3 is 10.4 Å². The lowest BCUT2D eigenvalue weighted by atomic mass is 10.1. The molecule has 0 aromatic carbocycles. The molecule has 3 atom stereocenters. The first kappa shape index (κ1) is 13.9. The van der Waals surface area contributed by atoms with Gasteiger partial charge in [-0.1, -0.05) is 6.42 Å². The predicted molar refractivity (Wildman–Crippen MR) is 77.2 cm³/mol. The molecule has 0 radical (unpaired) electrons. The number of aromatic nitrogens is 2. The molecule has 0 bridgehead atoms. The largest absolute Gasteiger partial charge is 0.392 e. The zero-order chi connectivity index (χ0) is 13.9. The third-order valence-corrected chi connectivity index (χ3v) is 4.50. The van der Waals surface area contributed by atoms with Crippen LogP contribution in [0.5, 0.6) is 0 Å². The van der Waals surface area contributed by atoms with E-state index in [1.165, 1.54) is 19.3 Å². The van der Waals surface area contributed by atoms with E-state index in [1.807, 2.05) is 19.3 Å². The molecule has 1 aromatic rings. The van der Waals surface area contributed by atoms with Crippen molar-refractivity contribution in [3.63, 3.8) is 0 Å². The van der Waals surface area contributed by atoms with Gasteiger partial charge in [0.25, 0.3) is 0 Å². The lowest BCUT2D eigenvalue weighted by Gasteiger charge is -2.29. The van der Waals surface area contributed by atoms with E-state index >= 15 is 0 Å². The van der Waals surface area contributed by atoms with Crippen LogP contribution in [-0.4, -0.2) is 51.3 Å². The van der Waals surface area contributed by atoms with Gasteiger partial charge in [-0.05, 0) is 31.7 Å². The molecule has 110 valence electrons. The normalized spacial score (nSPS) is 31.0. The van der Waals surface area contributed by atoms with E-state index in [0.717, 1.165) is 37.4 Å². The Morgan fingerprint density at radius 1 is 1.30 bits per heavy atom. The van der Waals surface area contributed by atoms with E-state index in [1.54, 1.807) is 0 Å². The zero-order valence-corrected chi connectivity index (χ0v) is 12.1. The van der Waals surface area contributed by atoms with Crippen molar-refractivity contribution in [3.8, 4) is 0 Å². The summed E-state index contributed by atoms with van der Waals surface area (Å²) in [5.41, 5.74) is 1.10. The molecule has 3 rings (SSSR count). The molecule has 1 saturated carbocycles. The zero-order valence-electron chi connectivity index (χ0n) is 12.1. The van der Waals surface area contributed by atoms with E-state index in [4.69, 9.17) is 0 Å². The highest BCUT2D eigenvalue weighted by Crippen LogP contribution is 2.27. The van der Waals surface area contributed by atoms with Crippen LogP contribution in [0.2, 0.25) is 0 Å². The summed E-state index contributed by atoms with van der Waals surface area (Å²) in [4.78, 5) is 11.1. The summed E-state index contributed by atoms with van der Waals surface area (Å²) in [5, 5.41) is 13.3. The molecule has 2 fully saturated rings. The van der Waals surface area contributed by atoms with Gasteiger partial charge in [0.2, 0.25) is 0 Å². The maximum Gasteiger partial charge on any atom is 0.141 e. The molecule has 1 aliphatic heterocycles. The number of likely N-dealkylation sites (tertiary alicyclic amines) is 1. The first-order valence-corrected chi connectivity index (χ1v) is 7.65. The SMILES string of the molecule is Cc1cnc(CN[C@@H]2CCC[C@@H]2N2CCC(O)C2)nc1. The van der Waals surface area contributed by atoms with Crippen LogP contribution in [0.4, 0.5) is 0 Å². The molecular formula is C15H24N4O. The maximum absolute atomic E-state index is 9.70. The number of hydrogen-bond acceptors (Lipinski definition) is 5. The Balaban J connectivity index is 1.55. The number of aryl methyl sites for hydroxylation is 1. The van der Waals surface area contributed by atoms with Crippen molar-refractivity contribution in [3.05, 3.63) is 23.8 Å². The number of aliphatic hydroxyl groups excluding tert-OH is 1. The molecule has 2 aliphatic rings. The second-order valence-corrected chi connectivity index (χ2v) is 6.10. The van der Waals surface area contributed by atoms with Gasteiger partial charge in [0.1, 0.15) is 5.82 Å². The highest BCUT2D eigenvalue weighted by molar-refractivity contribution is 5.02. The lowest BCUT2D eigenvalue weighted by molar-refractivity contribution is 0.149. The topological polar surface area (TPSA) is 61.3 Å². The number of β-amino-alcohol motifs (C(OH)–C–C–N with tert-alkyl or cyclic N) is 1. The first-order valence-electron chi connectivity index (χ1n) is 7.65. The van der Waals surface area contributed by atoms with Gasteiger partial charge in [-0.15, -0.1) is 0 Å². The Morgan fingerprint density at radius 2 is 2.10 bits per heavy atom. The third kappa shape index (κ3) is 3.16. The van der Waals surface area contributed by atoms with Gasteiger partial charge in [-0.3, -0.25) is 4.90 Å². The molecular weight excluding hydrogens is 252 g/mol. The van der Waals surface area contributed by atoms with Gasteiger partial charge >= 0.3 is 0 Å². The Bertz CT molecular complexity index is 436. The number of aliphatic hydroxyl groups is 1. The standard InChI is InChI=1S/C15H24N4O/c1-11-7-17-15(18-8-11)9-16-13-3-2-4-14(13)19-6-5-12(20)10-19/h7-8,12-14,16,20H,2-6,9-10H2,1H3/t12?,13-,14+/m1/s1. The maximum atomic E-state index is 9.70. The molecule has 1 saturated heterocycles. The predicted octanol–water partition coefficient (Wildman–Crippen LogP) is 0.862. The van der Waals surface area contributed by atoms with Crippen molar-refractivity contribution >= 4 is 0 Å². The Labute approximate surface area is 120 Å². The van der Waals surface area contributed by atoms with Crippen LogP contribution in [0.25, 0.3) is 0 Å². The van der Waals surface area contributed by atoms with Crippen LogP contribution >= 0.6 is 0 Å². The van der Waals surface area contributed by atoms with E-state index in [-0.39, 0.29) is 6.10 Å². The fraction of sp³-hybridized carbons (Fsp3) is 0.733. The molecule has 5 heteroatoms. The summed E-state index contributed by atoms with van der Waals surface area (Å²) in [7, 11) is 0. The first-order chi connectivity index (χ1) is 9.72. The Kier molecular flexibility index (Phi) is 4.29. The number of nitrogens with zero attached hydrogens (tertiary/aromatic N) is 3. The van der Waals surface area contributed by atoms with Crippen LogP contribution in [0, 0.1) is 6.92 Å². The smallest absolute Gasteiger partial charge is 0.141 e. The van der Waals surface area contributed by atoms with Crippen LogP contribution in [0.15, 0.2) is 12.4 Å². The molecule has 0 spiro atoms. The summed E-state index contributed by atoms with van der Waals surface area (Å²) in [6.45, 7) is 4.61. The quantitative estimate of drug-likeness (QED) is 0.854. The van der Waals surface area contributed by atoms with Crippen molar-refractivity contribution in [2.75, 3.05) is 13.1 Å². The van der Waals surface area contributed by atoms with Gasteiger partial charge in [-0.2, -0.15) is 0 Å². The van der Waals surface area contributed by atoms with Crippen molar-refractivity contribution in [2.24, 2.45) is 0 Å². The number of hydrogen-bond donors (Lipinski definition) is 2. The Morgan fingerprint density at radius 3 is 2.80 bits per heavy atom. The van der Waals surface area contributed by atoms with Crippen molar-refractivity contribution < 1.29 is 5.11 Å². The summed E-state index contributed by atoms with van der Waals surface area (Å²) >= 11 is 0. The van der Waals surface area contributed by atoms with Crippen LogP contribution in [-0.2, 0) is 6.54 Å². The fourth-order valence-corrected chi connectivity index (χ4v) is 3.42. The minimum absolute atomic E-state index is 0.128. The summed E-state index contributed by atoms with van der Waals surface area (Å²) in [6.07, 6.45) is 8.24. The minimum atomic E-state index is -0.128. The van der Waals surface area contributed by atoms with E-state index in [2.05, 4.69) is 20.2 Å². The van der Waals surface area contributed by atoms with E-state index in [0.29, 0.717) is 12.1 Å². The van der Waals surface area contributed by atoms with Gasteiger partial charge in [0, 0.05) is 37.6 Å². The van der Waals surface area contributed by atoms with Crippen LogP contribution < -0.4 is 5.32 Å². The molecule has 1 aliphatic carbocycles. The lowest BCUT2D eigenvalue weighted by Crippen LogP contribution is -2.46. The number of nitrogens with one attached hydrogen (secondary N) is 1. The fourth-order valence-electron chi connectivity index (χ4n) is 3.42. The second-order valence-electron chi connectivity index (χ2n) is 6.10. The van der Waals surface area contributed by atoms with E-state index < -0.39 is 0 Å². The average molecular weight is 276 g/mol. The van der Waals surface area contributed by atoms with Crippen LogP contribution in [0.3, 0.4) is 0 Å². The van der Waals surface area contributed by atoms with Crippen LogP contribution in [0.1, 0.15) is 37.1 Å². The molecule has 2 heterocycles. The molecule has 20 heavy (non-hydrogen) atoms. The minimum Gasteiger partial charge on any atom is -0.392 e. The van der Waals surface area contributed by atoms with E-state index in [9.17, 15) is 5.11 Å². The summed E-state index contributed by atoms with van der Waals surface area (Å²) < 4.78 is 0. The second kappa shape index (κ2) is 6.16. The highest BCUT2D eigenvalue weighted by atomic mass is 16.3. The van der Waals surface area contributed by atoms with Gasteiger partial charge in [0.15, 0.2) is 0 Å². The summed E-state index contributed by atoms with van der Waals surface area (Å²) in [6, 6.07) is 1.07. The highest BCUT2D eigenvalue weighted by Gasteiger charge is 2.35. The number of rotatable bonds is 4. The molecule has 5 nitrogen and oxygen atoms in total. The molecule has 1 unspecified atom stereocenters. The molecule has 1 aromatic heterocycles. The molecule has 0 amide bonds. The van der Waals surface area contributed by atoms with Crippen molar-refractivity contribution in [1.82, 2.24) is 20.2 Å². The Hall–Kier alpha value is -1.04. The average Bonchev–Trinajstić information content (AvgIpc) is 3.06.